The highest BCUT2D eigenvalue weighted by molar-refractivity contribution is 6.73. The van der Waals surface area contributed by atoms with Gasteiger partial charge in [-0.1, -0.05) is 39.0 Å². The van der Waals surface area contributed by atoms with Crippen LogP contribution in [0.25, 0.3) is 0 Å². The van der Waals surface area contributed by atoms with E-state index >= 15 is 0 Å². The molecule has 0 bridgehead atoms. The Morgan fingerprint density at radius 2 is 1.76 bits per heavy atom. The molecule has 17 heavy (non-hydrogen) atoms. The summed E-state index contributed by atoms with van der Waals surface area (Å²) >= 11 is 0. The summed E-state index contributed by atoms with van der Waals surface area (Å²) in [7, 11) is -1.47. The maximum Gasteiger partial charge on any atom is 0.193 e. The maximum atomic E-state index is 6.86. The molecule has 1 unspecified atom stereocenters. The van der Waals surface area contributed by atoms with Gasteiger partial charge in [-0.15, -0.1) is 0 Å². The minimum atomic E-state index is -1.47. The van der Waals surface area contributed by atoms with Crippen molar-refractivity contribution in [2.45, 2.75) is 70.2 Å². The first-order valence-electron chi connectivity index (χ1n) is 7.27. The van der Waals surface area contributed by atoms with Crippen LogP contribution < -0.4 is 0 Å². The third-order valence-corrected chi connectivity index (χ3v) is 9.49. The number of hydrogen-bond acceptors (Lipinski definition) is 1. The zero-order valence-corrected chi connectivity index (χ0v) is 12.6. The Balaban J connectivity index is 2.21. The summed E-state index contributed by atoms with van der Waals surface area (Å²) in [5, 5.41) is 0. The lowest BCUT2D eigenvalue weighted by Crippen LogP contribution is -2.47. The van der Waals surface area contributed by atoms with Gasteiger partial charge in [0.15, 0.2) is 8.32 Å². The molecule has 0 aromatic carbocycles. The summed E-state index contributed by atoms with van der Waals surface area (Å²) in [6, 6.07) is 3.79. The van der Waals surface area contributed by atoms with E-state index in [0.717, 1.165) is 0 Å². The molecule has 96 valence electrons. The van der Waals surface area contributed by atoms with E-state index in [9.17, 15) is 0 Å². The van der Waals surface area contributed by atoms with Crippen LogP contribution in [-0.2, 0) is 4.43 Å². The van der Waals surface area contributed by atoms with Crippen LogP contribution in [0.2, 0.25) is 18.1 Å². The third-order valence-electron chi connectivity index (χ3n) is 4.80. The minimum absolute atomic E-state index is 0.114. The molecule has 0 heterocycles. The summed E-state index contributed by atoms with van der Waals surface area (Å²) in [5.74, 6) is 0. The Morgan fingerprint density at radius 1 is 1.12 bits per heavy atom. The summed E-state index contributed by atoms with van der Waals surface area (Å²) in [4.78, 5) is 0. The lowest BCUT2D eigenvalue weighted by molar-refractivity contribution is 0.0862. The van der Waals surface area contributed by atoms with Crippen LogP contribution in [0.1, 0.15) is 46.5 Å². The highest BCUT2D eigenvalue weighted by atomic mass is 28.4. The van der Waals surface area contributed by atoms with Gasteiger partial charge in [0.2, 0.25) is 0 Å². The lowest BCUT2D eigenvalue weighted by Gasteiger charge is -2.43. The Morgan fingerprint density at radius 3 is 2.41 bits per heavy atom. The van der Waals surface area contributed by atoms with Gasteiger partial charge in [0, 0.05) is 0 Å². The second kappa shape index (κ2) is 5.11. The second-order valence-electron chi connectivity index (χ2n) is 5.48. The second-order valence-corrected chi connectivity index (χ2v) is 10.2. The van der Waals surface area contributed by atoms with E-state index in [1.54, 1.807) is 0 Å². The summed E-state index contributed by atoms with van der Waals surface area (Å²) in [6.45, 7) is 6.98. The Labute approximate surface area is 107 Å². The van der Waals surface area contributed by atoms with Crippen molar-refractivity contribution in [3.63, 3.8) is 0 Å². The molecule has 2 aliphatic carbocycles. The molecule has 0 aliphatic heterocycles. The Bertz CT molecular complexity index is 320. The monoisotopic (exact) mass is 250 g/mol. The van der Waals surface area contributed by atoms with Crippen LogP contribution in [0.4, 0.5) is 0 Å². The van der Waals surface area contributed by atoms with Crippen LogP contribution in [0.15, 0.2) is 23.8 Å². The smallest absolute Gasteiger partial charge is 0.193 e. The van der Waals surface area contributed by atoms with E-state index < -0.39 is 8.32 Å². The lowest BCUT2D eigenvalue weighted by atomic mass is 9.86. The van der Waals surface area contributed by atoms with E-state index in [2.05, 4.69) is 39.0 Å². The number of fused-ring (bicyclic) bond motifs is 1. The van der Waals surface area contributed by atoms with Gasteiger partial charge in [-0.25, -0.2) is 0 Å². The first-order valence-corrected chi connectivity index (χ1v) is 9.80. The first-order chi connectivity index (χ1) is 8.20. The number of allylic oxidation sites excluding steroid dienone is 2. The molecule has 0 fully saturated rings. The molecule has 2 rings (SSSR count). The molecule has 0 aromatic rings. The van der Waals surface area contributed by atoms with Crippen LogP contribution in [0, 0.1) is 0 Å². The molecule has 0 radical (unpaired) electrons. The standard InChI is InChI=1S/C15H26OSi/c1-4-17(5-2,6-3)16-15-12-8-7-10-14(15)11-9-13-15/h7,10-11H,4-6,8-9,12-13H2,1-3H3. The normalized spacial score (nSPS) is 28.1. The largest absolute Gasteiger partial charge is 0.407 e. The average Bonchev–Trinajstić information content (AvgIpc) is 2.79. The van der Waals surface area contributed by atoms with Crippen LogP contribution in [-0.4, -0.2) is 13.9 Å². The van der Waals surface area contributed by atoms with E-state index in [4.69, 9.17) is 4.43 Å². The van der Waals surface area contributed by atoms with Gasteiger partial charge >= 0.3 is 0 Å². The van der Waals surface area contributed by atoms with Crippen molar-refractivity contribution in [1.82, 2.24) is 0 Å². The molecule has 1 nitrogen and oxygen atoms in total. The summed E-state index contributed by atoms with van der Waals surface area (Å²) in [5.41, 5.74) is 1.60. The fraction of sp³-hybridized carbons (Fsp3) is 0.733. The first kappa shape index (κ1) is 13.1. The van der Waals surface area contributed by atoms with Crippen molar-refractivity contribution in [2.24, 2.45) is 0 Å². The molecular weight excluding hydrogens is 224 g/mol. The molecule has 0 saturated carbocycles. The summed E-state index contributed by atoms with van der Waals surface area (Å²) < 4.78 is 6.86. The highest BCUT2D eigenvalue weighted by Crippen LogP contribution is 2.45. The molecule has 2 aliphatic rings. The summed E-state index contributed by atoms with van der Waals surface area (Å²) in [6.07, 6.45) is 11.9. The zero-order valence-electron chi connectivity index (χ0n) is 11.6. The highest BCUT2D eigenvalue weighted by Gasteiger charge is 2.44. The van der Waals surface area contributed by atoms with Crippen LogP contribution in [0.5, 0.6) is 0 Å². The van der Waals surface area contributed by atoms with Crippen LogP contribution >= 0.6 is 0 Å². The fourth-order valence-corrected chi connectivity index (χ4v) is 6.43. The van der Waals surface area contributed by atoms with Gasteiger partial charge < -0.3 is 4.43 Å². The minimum Gasteiger partial charge on any atom is -0.407 e. The Kier molecular flexibility index (Phi) is 3.94. The molecule has 2 heteroatoms. The Hall–Kier alpha value is -0.343. The molecule has 0 spiro atoms. The molecule has 0 saturated heterocycles. The van der Waals surface area contributed by atoms with Gasteiger partial charge in [0.25, 0.3) is 0 Å². The SMILES string of the molecule is CC[Si](CC)(CC)OC12CCC=CC1=CCC2. The van der Waals surface area contributed by atoms with Gasteiger partial charge in [-0.05, 0) is 49.4 Å². The predicted octanol–water partition coefficient (Wildman–Crippen LogP) is 4.82. The van der Waals surface area contributed by atoms with Gasteiger partial charge in [-0.3, -0.25) is 0 Å². The van der Waals surface area contributed by atoms with Crippen molar-refractivity contribution >= 4 is 8.32 Å². The molecule has 1 atom stereocenters. The topological polar surface area (TPSA) is 9.23 Å². The maximum absolute atomic E-state index is 6.86. The van der Waals surface area contributed by atoms with Crippen molar-refractivity contribution in [3.8, 4) is 0 Å². The molecule has 0 aromatic heterocycles. The van der Waals surface area contributed by atoms with Gasteiger partial charge in [-0.2, -0.15) is 0 Å². The number of rotatable bonds is 5. The van der Waals surface area contributed by atoms with Crippen molar-refractivity contribution in [3.05, 3.63) is 23.8 Å². The quantitative estimate of drug-likeness (QED) is 0.636. The van der Waals surface area contributed by atoms with Gasteiger partial charge in [0.05, 0.1) is 5.60 Å². The third kappa shape index (κ3) is 2.30. The molecule has 0 N–H and O–H groups in total. The van der Waals surface area contributed by atoms with E-state index in [1.165, 1.54) is 49.4 Å². The van der Waals surface area contributed by atoms with E-state index in [-0.39, 0.29) is 5.60 Å². The predicted molar refractivity (Wildman–Crippen MR) is 76.7 cm³/mol. The fourth-order valence-electron chi connectivity index (χ4n) is 3.35. The molecule has 0 amide bonds. The average molecular weight is 250 g/mol. The zero-order chi connectivity index (χ0) is 12.4. The van der Waals surface area contributed by atoms with E-state index in [1.807, 2.05) is 0 Å². The van der Waals surface area contributed by atoms with Gasteiger partial charge in [0.1, 0.15) is 0 Å². The van der Waals surface area contributed by atoms with Crippen molar-refractivity contribution in [2.75, 3.05) is 0 Å². The molecular formula is C15H26OSi. The van der Waals surface area contributed by atoms with Crippen molar-refractivity contribution in [1.29, 1.82) is 0 Å². The van der Waals surface area contributed by atoms with E-state index in [0.29, 0.717) is 0 Å². The van der Waals surface area contributed by atoms with Crippen molar-refractivity contribution < 1.29 is 4.43 Å². The number of hydrogen-bond donors (Lipinski definition) is 0. The van der Waals surface area contributed by atoms with Crippen LogP contribution in [0.3, 0.4) is 0 Å².